The van der Waals surface area contributed by atoms with Crippen LogP contribution in [-0.4, -0.2) is 84.0 Å². The Hall–Kier alpha value is -3.26. The Morgan fingerprint density at radius 3 is 2.38 bits per heavy atom. The number of ether oxygens (including phenoxy) is 2. The number of rotatable bonds is 11. The SMILES string of the molecule is CCCCn1c(-c2ccc(OCCCN(C)CC)cc2)nc2cc(N3CCN(C(=O)OC(C)(C)C)CC3)ccc21. The summed E-state index contributed by atoms with van der Waals surface area (Å²) < 4.78 is 13.9. The number of unbranched alkanes of at least 4 members (excludes halogenated alkanes) is 1. The smallest absolute Gasteiger partial charge is 0.410 e. The Morgan fingerprint density at radius 2 is 1.73 bits per heavy atom. The fourth-order valence-corrected chi connectivity index (χ4v) is 4.93. The highest BCUT2D eigenvalue weighted by molar-refractivity contribution is 5.84. The van der Waals surface area contributed by atoms with Gasteiger partial charge in [0.2, 0.25) is 0 Å². The molecule has 2 aromatic carbocycles. The second kappa shape index (κ2) is 13.4. The van der Waals surface area contributed by atoms with Crippen LogP contribution in [0.4, 0.5) is 10.5 Å². The molecule has 40 heavy (non-hydrogen) atoms. The van der Waals surface area contributed by atoms with Crippen molar-refractivity contribution in [3.8, 4) is 17.1 Å². The normalized spacial score (nSPS) is 14.3. The number of carbonyl (C=O) groups excluding carboxylic acids is 1. The van der Waals surface area contributed by atoms with E-state index in [2.05, 4.69) is 77.7 Å². The summed E-state index contributed by atoms with van der Waals surface area (Å²) in [4.78, 5) is 24.0. The van der Waals surface area contributed by atoms with Gasteiger partial charge in [0.05, 0.1) is 17.6 Å². The van der Waals surface area contributed by atoms with Gasteiger partial charge in [-0.1, -0.05) is 20.3 Å². The maximum Gasteiger partial charge on any atom is 0.410 e. The van der Waals surface area contributed by atoms with Crippen LogP contribution in [0.5, 0.6) is 5.75 Å². The van der Waals surface area contributed by atoms with Crippen LogP contribution in [0.3, 0.4) is 0 Å². The zero-order chi connectivity index (χ0) is 28.7. The summed E-state index contributed by atoms with van der Waals surface area (Å²) in [6, 6.07) is 14.9. The van der Waals surface area contributed by atoms with Crippen LogP contribution in [0.15, 0.2) is 42.5 Å². The summed E-state index contributed by atoms with van der Waals surface area (Å²) in [6.07, 6.45) is 3.00. The Morgan fingerprint density at radius 1 is 1.00 bits per heavy atom. The number of aryl methyl sites for hydroxylation is 1. The maximum absolute atomic E-state index is 12.5. The van der Waals surface area contributed by atoms with Crippen molar-refractivity contribution >= 4 is 22.8 Å². The average molecular weight is 550 g/mol. The standard InChI is InChI=1S/C32H47N5O3/c1-7-9-18-37-29-16-13-26(35-19-21-36(22-20-35)31(38)40-32(3,4)5)24-28(29)33-30(37)25-11-14-27(15-12-25)39-23-10-17-34(6)8-2/h11-16,24H,7-10,17-23H2,1-6H3. The van der Waals surface area contributed by atoms with Crippen molar-refractivity contribution < 1.29 is 14.3 Å². The van der Waals surface area contributed by atoms with E-state index in [-0.39, 0.29) is 6.09 Å². The van der Waals surface area contributed by atoms with Crippen molar-refractivity contribution in [3.63, 3.8) is 0 Å². The quantitative estimate of drug-likeness (QED) is 0.262. The summed E-state index contributed by atoms with van der Waals surface area (Å²) in [5, 5.41) is 0. The van der Waals surface area contributed by atoms with Crippen molar-refractivity contribution in [1.82, 2.24) is 19.4 Å². The lowest BCUT2D eigenvalue weighted by molar-refractivity contribution is 0.0240. The van der Waals surface area contributed by atoms with E-state index in [4.69, 9.17) is 14.5 Å². The van der Waals surface area contributed by atoms with Crippen LogP contribution < -0.4 is 9.64 Å². The molecule has 3 aromatic rings. The van der Waals surface area contributed by atoms with Crippen molar-refractivity contribution in [2.24, 2.45) is 0 Å². The number of hydrogen-bond acceptors (Lipinski definition) is 6. The van der Waals surface area contributed by atoms with Gasteiger partial charge in [0.15, 0.2) is 0 Å². The minimum absolute atomic E-state index is 0.234. The topological polar surface area (TPSA) is 63.1 Å². The molecule has 2 heterocycles. The second-order valence-electron chi connectivity index (χ2n) is 11.7. The number of hydrogen-bond donors (Lipinski definition) is 0. The molecule has 1 aromatic heterocycles. The van der Waals surface area contributed by atoms with Crippen LogP contribution in [0.25, 0.3) is 22.4 Å². The first-order valence-corrected chi connectivity index (χ1v) is 14.8. The summed E-state index contributed by atoms with van der Waals surface area (Å²) in [5.41, 5.74) is 3.91. The van der Waals surface area contributed by atoms with Gasteiger partial charge in [-0.05, 0) is 89.7 Å². The van der Waals surface area contributed by atoms with E-state index in [1.807, 2.05) is 20.8 Å². The molecule has 0 atom stereocenters. The molecule has 8 heteroatoms. The van der Waals surface area contributed by atoms with Crippen LogP contribution in [0, 0.1) is 0 Å². The molecule has 0 N–H and O–H groups in total. The molecule has 0 unspecified atom stereocenters. The molecule has 8 nitrogen and oxygen atoms in total. The lowest BCUT2D eigenvalue weighted by Crippen LogP contribution is -2.50. The number of aromatic nitrogens is 2. The zero-order valence-electron chi connectivity index (χ0n) is 25.3. The van der Waals surface area contributed by atoms with Gasteiger partial charge in [-0.25, -0.2) is 9.78 Å². The Bertz CT molecular complexity index is 1240. The predicted molar refractivity (Wildman–Crippen MR) is 163 cm³/mol. The molecular weight excluding hydrogens is 502 g/mol. The van der Waals surface area contributed by atoms with Crippen LogP contribution in [0.2, 0.25) is 0 Å². The Kier molecular flexibility index (Phi) is 9.95. The highest BCUT2D eigenvalue weighted by Gasteiger charge is 2.26. The average Bonchev–Trinajstić information content (AvgIpc) is 3.31. The Labute approximate surface area is 239 Å². The minimum Gasteiger partial charge on any atom is -0.494 e. The summed E-state index contributed by atoms with van der Waals surface area (Å²) in [5.74, 6) is 1.89. The van der Waals surface area contributed by atoms with Crippen molar-refractivity contribution in [1.29, 1.82) is 0 Å². The van der Waals surface area contributed by atoms with Gasteiger partial charge < -0.3 is 28.7 Å². The van der Waals surface area contributed by atoms with Gasteiger partial charge in [-0.15, -0.1) is 0 Å². The summed E-state index contributed by atoms with van der Waals surface area (Å²) in [6.45, 7) is 16.7. The van der Waals surface area contributed by atoms with E-state index in [1.54, 1.807) is 4.90 Å². The molecule has 1 saturated heterocycles. The second-order valence-corrected chi connectivity index (χ2v) is 11.7. The van der Waals surface area contributed by atoms with E-state index < -0.39 is 5.60 Å². The fraction of sp³-hybridized carbons (Fsp3) is 0.562. The molecule has 0 spiro atoms. The van der Waals surface area contributed by atoms with Crippen molar-refractivity contribution in [2.75, 3.05) is 57.8 Å². The number of amides is 1. The first-order valence-electron chi connectivity index (χ1n) is 14.8. The lowest BCUT2D eigenvalue weighted by Gasteiger charge is -2.36. The molecule has 0 bridgehead atoms. The first-order chi connectivity index (χ1) is 19.2. The minimum atomic E-state index is -0.480. The molecule has 218 valence electrons. The predicted octanol–water partition coefficient (Wildman–Crippen LogP) is 6.28. The molecule has 1 fully saturated rings. The zero-order valence-corrected chi connectivity index (χ0v) is 25.3. The molecule has 0 aliphatic carbocycles. The molecule has 0 radical (unpaired) electrons. The number of nitrogens with zero attached hydrogens (tertiary/aromatic N) is 5. The molecular formula is C32H47N5O3. The van der Waals surface area contributed by atoms with E-state index >= 15 is 0 Å². The third-order valence-electron chi connectivity index (χ3n) is 7.37. The monoisotopic (exact) mass is 549 g/mol. The maximum atomic E-state index is 12.5. The fourth-order valence-electron chi connectivity index (χ4n) is 4.93. The van der Waals surface area contributed by atoms with E-state index in [1.165, 1.54) is 0 Å². The van der Waals surface area contributed by atoms with Gasteiger partial charge in [0.25, 0.3) is 0 Å². The third kappa shape index (κ3) is 7.68. The third-order valence-corrected chi connectivity index (χ3v) is 7.37. The highest BCUT2D eigenvalue weighted by Crippen LogP contribution is 2.30. The van der Waals surface area contributed by atoms with E-state index in [9.17, 15) is 4.79 Å². The van der Waals surface area contributed by atoms with Gasteiger partial charge in [-0.2, -0.15) is 0 Å². The van der Waals surface area contributed by atoms with Gasteiger partial charge in [0.1, 0.15) is 17.2 Å². The van der Waals surface area contributed by atoms with Crippen molar-refractivity contribution in [2.45, 2.75) is 66.0 Å². The van der Waals surface area contributed by atoms with Gasteiger partial charge in [0, 0.05) is 50.5 Å². The van der Waals surface area contributed by atoms with Gasteiger partial charge in [-0.3, -0.25) is 0 Å². The van der Waals surface area contributed by atoms with Crippen LogP contribution >= 0.6 is 0 Å². The Balaban J connectivity index is 1.47. The first kappa shape index (κ1) is 29.7. The number of fused-ring (bicyclic) bond motifs is 1. The number of imidazole rings is 1. The summed E-state index contributed by atoms with van der Waals surface area (Å²) >= 11 is 0. The van der Waals surface area contributed by atoms with Crippen molar-refractivity contribution in [3.05, 3.63) is 42.5 Å². The lowest BCUT2D eigenvalue weighted by atomic mass is 10.2. The molecule has 0 saturated carbocycles. The molecule has 4 rings (SSSR count). The van der Waals surface area contributed by atoms with Crippen LogP contribution in [0.1, 0.15) is 53.9 Å². The molecule has 1 aliphatic rings. The van der Waals surface area contributed by atoms with Gasteiger partial charge >= 0.3 is 6.09 Å². The molecule has 1 aliphatic heterocycles. The molecule has 1 amide bonds. The number of carbonyl (C=O) groups is 1. The number of benzene rings is 2. The highest BCUT2D eigenvalue weighted by atomic mass is 16.6. The van der Waals surface area contributed by atoms with Crippen LogP contribution in [-0.2, 0) is 11.3 Å². The summed E-state index contributed by atoms with van der Waals surface area (Å²) in [7, 11) is 2.13. The van der Waals surface area contributed by atoms with E-state index in [0.717, 1.165) is 85.8 Å². The van der Waals surface area contributed by atoms with E-state index in [0.29, 0.717) is 19.7 Å². The largest absolute Gasteiger partial charge is 0.494 e. The number of anilines is 1. The number of piperazine rings is 1.